The number of fused-ring (bicyclic) bond motifs is 1. The third-order valence-corrected chi connectivity index (χ3v) is 4.79. The van der Waals surface area contributed by atoms with E-state index in [-0.39, 0.29) is 5.91 Å². The highest BCUT2D eigenvalue weighted by Gasteiger charge is 2.31. The van der Waals surface area contributed by atoms with E-state index in [9.17, 15) is 9.59 Å². The fourth-order valence-electron chi connectivity index (χ4n) is 3.50. The number of nitrogens with zero attached hydrogens (tertiary/aromatic N) is 1. The molecule has 0 bridgehead atoms. The molecule has 1 atom stereocenters. The van der Waals surface area contributed by atoms with Crippen LogP contribution in [-0.4, -0.2) is 31.1 Å². The lowest BCUT2D eigenvalue weighted by molar-refractivity contribution is -0.125. The maximum Gasteiger partial charge on any atom is 0.339 e. The van der Waals surface area contributed by atoms with Gasteiger partial charge in [0.25, 0.3) is 5.91 Å². The highest BCUT2D eigenvalue weighted by molar-refractivity contribution is 6.01. The van der Waals surface area contributed by atoms with E-state index < -0.39 is 12.1 Å². The molecule has 5 nitrogen and oxygen atoms in total. The van der Waals surface area contributed by atoms with Gasteiger partial charge in [-0.05, 0) is 36.6 Å². The van der Waals surface area contributed by atoms with Crippen molar-refractivity contribution < 1.29 is 14.3 Å². The molecular formula is C20H20N2O3. The Bertz CT molecular complexity index is 812. The topological polar surface area (TPSA) is 58.6 Å². The van der Waals surface area contributed by atoms with Crippen molar-refractivity contribution in [1.82, 2.24) is 0 Å². The van der Waals surface area contributed by atoms with Gasteiger partial charge < -0.3 is 15.0 Å². The van der Waals surface area contributed by atoms with Crippen molar-refractivity contribution in [2.75, 3.05) is 23.3 Å². The molecule has 1 N–H and O–H groups in total. The maximum atomic E-state index is 12.7. The minimum Gasteiger partial charge on any atom is -0.448 e. The van der Waals surface area contributed by atoms with Gasteiger partial charge in [0.1, 0.15) is 0 Å². The standard InChI is InChI=1S/C20H20N2O3/c23-19(18-13-14-7-1-2-8-15(14)20(24)25-18)21-16-9-3-4-10-17(16)22-11-5-6-12-22/h1-4,7-10,18H,5-6,11-13H2,(H,21,23)/t18-/m1/s1. The van der Waals surface area contributed by atoms with Gasteiger partial charge >= 0.3 is 5.97 Å². The molecule has 2 aliphatic heterocycles. The first-order valence-electron chi connectivity index (χ1n) is 8.66. The van der Waals surface area contributed by atoms with Crippen LogP contribution in [0.25, 0.3) is 0 Å². The zero-order chi connectivity index (χ0) is 17.2. The summed E-state index contributed by atoms with van der Waals surface area (Å²) in [7, 11) is 0. The molecule has 0 radical (unpaired) electrons. The van der Waals surface area contributed by atoms with Crippen LogP contribution in [0.4, 0.5) is 11.4 Å². The van der Waals surface area contributed by atoms with E-state index in [1.54, 1.807) is 12.1 Å². The molecule has 0 unspecified atom stereocenters. The number of rotatable bonds is 3. The summed E-state index contributed by atoms with van der Waals surface area (Å²) in [6.45, 7) is 2.00. The number of carbonyl (C=O) groups excluding carboxylic acids is 2. The van der Waals surface area contributed by atoms with Crippen LogP contribution in [-0.2, 0) is 16.0 Å². The van der Waals surface area contributed by atoms with Gasteiger partial charge in [-0.2, -0.15) is 0 Å². The smallest absolute Gasteiger partial charge is 0.339 e. The summed E-state index contributed by atoms with van der Waals surface area (Å²) in [5.41, 5.74) is 3.19. The van der Waals surface area contributed by atoms with E-state index in [1.165, 1.54) is 12.8 Å². The van der Waals surface area contributed by atoms with Gasteiger partial charge in [0, 0.05) is 19.5 Å². The quantitative estimate of drug-likeness (QED) is 0.876. The van der Waals surface area contributed by atoms with Crippen LogP contribution in [0.2, 0.25) is 0 Å². The Morgan fingerprint density at radius 2 is 1.76 bits per heavy atom. The van der Waals surface area contributed by atoms with Gasteiger partial charge in [0.05, 0.1) is 16.9 Å². The summed E-state index contributed by atoms with van der Waals surface area (Å²) in [6, 6.07) is 15.1. The second-order valence-corrected chi connectivity index (χ2v) is 6.46. The normalized spacial score (nSPS) is 19.3. The molecule has 2 aliphatic rings. The van der Waals surface area contributed by atoms with Crippen molar-refractivity contribution in [2.45, 2.75) is 25.4 Å². The van der Waals surface area contributed by atoms with Gasteiger partial charge in [-0.15, -0.1) is 0 Å². The molecule has 1 fully saturated rings. The van der Waals surface area contributed by atoms with E-state index in [2.05, 4.69) is 10.2 Å². The Labute approximate surface area is 146 Å². The van der Waals surface area contributed by atoms with Gasteiger partial charge in [0.2, 0.25) is 0 Å². The van der Waals surface area contributed by atoms with E-state index in [0.717, 1.165) is 30.0 Å². The van der Waals surface area contributed by atoms with Crippen molar-refractivity contribution in [3.05, 3.63) is 59.7 Å². The van der Waals surface area contributed by atoms with Crippen molar-refractivity contribution in [1.29, 1.82) is 0 Å². The molecule has 0 aromatic heterocycles. The predicted molar refractivity (Wildman–Crippen MR) is 95.9 cm³/mol. The minimum atomic E-state index is -0.797. The largest absolute Gasteiger partial charge is 0.448 e. The fourth-order valence-corrected chi connectivity index (χ4v) is 3.50. The number of cyclic esters (lactones) is 1. The van der Waals surface area contributed by atoms with E-state index in [4.69, 9.17) is 4.74 Å². The van der Waals surface area contributed by atoms with Gasteiger partial charge in [-0.1, -0.05) is 30.3 Å². The number of hydrogen-bond acceptors (Lipinski definition) is 4. The van der Waals surface area contributed by atoms with Crippen LogP contribution in [0.5, 0.6) is 0 Å². The van der Waals surface area contributed by atoms with Crippen LogP contribution in [0.3, 0.4) is 0 Å². The average molecular weight is 336 g/mol. The van der Waals surface area contributed by atoms with E-state index >= 15 is 0 Å². The first-order chi connectivity index (χ1) is 12.2. The molecule has 2 heterocycles. The fraction of sp³-hybridized carbons (Fsp3) is 0.300. The molecule has 5 heteroatoms. The molecular weight excluding hydrogens is 316 g/mol. The molecule has 1 saturated heterocycles. The molecule has 128 valence electrons. The first kappa shape index (κ1) is 15.7. The summed E-state index contributed by atoms with van der Waals surface area (Å²) < 4.78 is 5.35. The zero-order valence-corrected chi connectivity index (χ0v) is 13.9. The minimum absolute atomic E-state index is 0.283. The van der Waals surface area contributed by atoms with Crippen LogP contribution in [0.15, 0.2) is 48.5 Å². The number of amides is 1. The molecule has 25 heavy (non-hydrogen) atoms. The monoisotopic (exact) mass is 336 g/mol. The molecule has 4 rings (SSSR count). The molecule has 2 aromatic rings. The molecule has 1 amide bonds. The third kappa shape index (κ3) is 3.09. The Morgan fingerprint density at radius 3 is 2.60 bits per heavy atom. The van der Waals surface area contributed by atoms with E-state index in [0.29, 0.717) is 12.0 Å². The summed E-state index contributed by atoms with van der Waals surface area (Å²) in [5.74, 6) is -0.718. The Balaban J connectivity index is 1.53. The summed E-state index contributed by atoms with van der Waals surface area (Å²) in [4.78, 5) is 27.1. The lowest BCUT2D eigenvalue weighted by Gasteiger charge is -2.25. The van der Waals surface area contributed by atoms with Gasteiger partial charge in [-0.25, -0.2) is 4.79 Å². The van der Waals surface area contributed by atoms with Crippen molar-refractivity contribution in [2.24, 2.45) is 0 Å². The third-order valence-electron chi connectivity index (χ3n) is 4.79. The molecule has 0 aliphatic carbocycles. The number of nitrogens with one attached hydrogen (secondary N) is 1. The lowest BCUT2D eigenvalue weighted by atomic mass is 9.98. The van der Waals surface area contributed by atoms with Crippen LogP contribution >= 0.6 is 0 Å². The Morgan fingerprint density at radius 1 is 1.04 bits per heavy atom. The highest BCUT2D eigenvalue weighted by atomic mass is 16.5. The lowest BCUT2D eigenvalue weighted by Crippen LogP contribution is -2.38. The number of hydrogen-bond donors (Lipinski definition) is 1. The van der Waals surface area contributed by atoms with Crippen LogP contribution in [0.1, 0.15) is 28.8 Å². The Kier molecular flexibility index (Phi) is 4.14. The molecule has 0 saturated carbocycles. The molecule has 0 spiro atoms. The second kappa shape index (κ2) is 6.59. The predicted octanol–water partition coefficient (Wildman–Crippen LogP) is 3.01. The maximum absolute atomic E-state index is 12.7. The average Bonchev–Trinajstić information content (AvgIpc) is 3.16. The number of para-hydroxylation sites is 2. The van der Waals surface area contributed by atoms with Crippen molar-refractivity contribution in [3.8, 4) is 0 Å². The first-order valence-corrected chi connectivity index (χ1v) is 8.66. The number of ether oxygens (including phenoxy) is 1. The summed E-state index contributed by atoms with van der Waals surface area (Å²) >= 11 is 0. The van der Waals surface area contributed by atoms with Crippen LogP contribution in [0, 0.1) is 0 Å². The number of esters is 1. The van der Waals surface area contributed by atoms with E-state index in [1.807, 2.05) is 36.4 Å². The van der Waals surface area contributed by atoms with Crippen molar-refractivity contribution >= 4 is 23.3 Å². The molecule has 2 aromatic carbocycles. The highest BCUT2D eigenvalue weighted by Crippen LogP contribution is 2.29. The van der Waals surface area contributed by atoms with Gasteiger partial charge in [-0.3, -0.25) is 4.79 Å². The zero-order valence-electron chi connectivity index (χ0n) is 13.9. The van der Waals surface area contributed by atoms with Crippen molar-refractivity contribution in [3.63, 3.8) is 0 Å². The summed E-state index contributed by atoms with van der Waals surface area (Å²) in [5, 5.41) is 2.95. The number of anilines is 2. The van der Waals surface area contributed by atoms with Gasteiger partial charge in [0.15, 0.2) is 6.10 Å². The Hall–Kier alpha value is -2.82. The summed E-state index contributed by atoms with van der Waals surface area (Å²) in [6.07, 6.45) is 1.94. The SMILES string of the molecule is O=C1O[C@@H](C(=O)Nc2ccccc2N2CCCC2)Cc2ccccc21. The number of benzene rings is 2. The second-order valence-electron chi connectivity index (χ2n) is 6.46. The van der Waals surface area contributed by atoms with Crippen LogP contribution < -0.4 is 10.2 Å². The number of carbonyl (C=O) groups is 2.